The van der Waals surface area contributed by atoms with Gasteiger partial charge in [-0.15, -0.1) is 0 Å². The average molecular weight is 249 g/mol. The second-order valence-corrected chi connectivity index (χ2v) is 4.57. The van der Waals surface area contributed by atoms with Crippen LogP contribution in [0.3, 0.4) is 0 Å². The van der Waals surface area contributed by atoms with Crippen molar-refractivity contribution in [3.63, 3.8) is 0 Å². The summed E-state index contributed by atoms with van der Waals surface area (Å²) in [5.41, 5.74) is 8.09. The van der Waals surface area contributed by atoms with Crippen LogP contribution in [0.2, 0.25) is 0 Å². The second-order valence-electron chi connectivity index (χ2n) is 4.57. The number of nitrogen functional groups attached to an aromatic ring is 1. The van der Waals surface area contributed by atoms with Gasteiger partial charge in [-0.1, -0.05) is 0 Å². The minimum absolute atomic E-state index is 0.0685. The maximum Gasteiger partial charge on any atom is 0.255 e. The Kier molecular flexibility index (Phi) is 3.72. The molecule has 5 nitrogen and oxygen atoms in total. The zero-order valence-corrected chi connectivity index (χ0v) is 10.8. The summed E-state index contributed by atoms with van der Waals surface area (Å²) in [5, 5.41) is 0. The number of morpholine rings is 1. The van der Waals surface area contributed by atoms with Gasteiger partial charge in [0, 0.05) is 38.6 Å². The Hall–Kier alpha value is -1.75. The summed E-state index contributed by atoms with van der Waals surface area (Å²) in [4.78, 5) is 15.6. The molecular formula is C13H19N3O2. The van der Waals surface area contributed by atoms with Crippen LogP contribution in [0.25, 0.3) is 0 Å². The fraction of sp³-hybridized carbons (Fsp3) is 0.462. The maximum absolute atomic E-state index is 11.9. The van der Waals surface area contributed by atoms with Crippen molar-refractivity contribution < 1.29 is 9.53 Å². The molecule has 0 radical (unpaired) electrons. The van der Waals surface area contributed by atoms with Crippen LogP contribution in [0.5, 0.6) is 0 Å². The van der Waals surface area contributed by atoms with E-state index in [9.17, 15) is 4.79 Å². The highest BCUT2D eigenvalue weighted by atomic mass is 16.5. The van der Waals surface area contributed by atoms with E-state index in [0.717, 1.165) is 32.0 Å². The van der Waals surface area contributed by atoms with Crippen molar-refractivity contribution >= 4 is 17.3 Å². The summed E-state index contributed by atoms with van der Waals surface area (Å²) < 4.78 is 5.31. The van der Waals surface area contributed by atoms with E-state index < -0.39 is 0 Å². The summed E-state index contributed by atoms with van der Waals surface area (Å²) in [6.45, 7) is 3.19. The van der Waals surface area contributed by atoms with E-state index in [-0.39, 0.29) is 5.91 Å². The van der Waals surface area contributed by atoms with E-state index in [0.29, 0.717) is 11.3 Å². The van der Waals surface area contributed by atoms with Gasteiger partial charge in [-0.3, -0.25) is 4.79 Å². The number of hydrogen-bond acceptors (Lipinski definition) is 4. The predicted molar refractivity (Wildman–Crippen MR) is 71.9 cm³/mol. The molecular weight excluding hydrogens is 230 g/mol. The molecule has 1 saturated heterocycles. The highest BCUT2D eigenvalue weighted by molar-refractivity contribution is 5.99. The molecule has 1 fully saturated rings. The topological polar surface area (TPSA) is 58.8 Å². The van der Waals surface area contributed by atoms with E-state index in [1.165, 1.54) is 4.90 Å². The van der Waals surface area contributed by atoms with Crippen LogP contribution in [0.4, 0.5) is 11.4 Å². The van der Waals surface area contributed by atoms with Crippen molar-refractivity contribution in [2.24, 2.45) is 0 Å². The Balaban J connectivity index is 2.21. The molecule has 1 heterocycles. The first-order valence-corrected chi connectivity index (χ1v) is 6.03. The van der Waals surface area contributed by atoms with Crippen molar-refractivity contribution in [2.75, 3.05) is 51.0 Å². The van der Waals surface area contributed by atoms with Gasteiger partial charge in [0.05, 0.1) is 18.8 Å². The number of amides is 1. The van der Waals surface area contributed by atoms with Gasteiger partial charge >= 0.3 is 0 Å². The van der Waals surface area contributed by atoms with Gasteiger partial charge in [-0.25, -0.2) is 0 Å². The summed E-state index contributed by atoms with van der Waals surface area (Å²) >= 11 is 0. The second kappa shape index (κ2) is 5.27. The van der Waals surface area contributed by atoms with Crippen molar-refractivity contribution in [2.45, 2.75) is 0 Å². The minimum Gasteiger partial charge on any atom is -0.398 e. The number of nitrogens with zero attached hydrogens (tertiary/aromatic N) is 2. The molecule has 98 valence electrons. The quantitative estimate of drug-likeness (QED) is 0.788. The predicted octanol–water partition coefficient (Wildman–Crippen LogP) is 0.807. The molecule has 1 aliphatic heterocycles. The lowest BCUT2D eigenvalue weighted by Crippen LogP contribution is -2.36. The van der Waals surface area contributed by atoms with E-state index in [2.05, 4.69) is 4.90 Å². The van der Waals surface area contributed by atoms with Crippen molar-refractivity contribution in [1.29, 1.82) is 0 Å². The molecule has 1 aliphatic rings. The number of carbonyl (C=O) groups excluding carboxylic acids is 1. The summed E-state index contributed by atoms with van der Waals surface area (Å²) in [5.74, 6) is -0.0685. The third kappa shape index (κ3) is 2.56. The van der Waals surface area contributed by atoms with E-state index >= 15 is 0 Å². The van der Waals surface area contributed by atoms with Gasteiger partial charge in [0.1, 0.15) is 0 Å². The molecule has 0 spiro atoms. The molecule has 1 aromatic rings. The molecule has 0 atom stereocenters. The lowest BCUT2D eigenvalue weighted by Gasteiger charge is -2.29. The number of rotatable bonds is 2. The van der Waals surface area contributed by atoms with Crippen molar-refractivity contribution in [3.8, 4) is 0 Å². The molecule has 0 aromatic heterocycles. The van der Waals surface area contributed by atoms with Gasteiger partial charge in [0.25, 0.3) is 5.91 Å². The number of anilines is 2. The molecule has 18 heavy (non-hydrogen) atoms. The fourth-order valence-electron chi connectivity index (χ4n) is 2.00. The Morgan fingerprint density at radius 3 is 2.56 bits per heavy atom. The third-order valence-electron chi connectivity index (χ3n) is 3.05. The molecule has 0 saturated carbocycles. The summed E-state index contributed by atoms with van der Waals surface area (Å²) in [7, 11) is 3.44. The molecule has 0 aliphatic carbocycles. The SMILES string of the molecule is CN(C)C(=O)c1ccc(N2CCOCC2)cc1N. The number of hydrogen-bond donors (Lipinski definition) is 1. The monoisotopic (exact) mass is 249 g/mol. The molecule has 0 bridgehead atoms. The van der Waals surface area contributed by atoms with Gasteiger partial charge in [0.15, 0.2) is 0 Å². The smallest absolute Gasteiger partial charge is 0.255 e. The lowest BCUT2D eigenvalue weighted by molar-refractivity contribution is 0.0828. The van der Waals surface area contributed by atoms with Gasteiger partial charge in [0.2, 0.25) is 0 Å². The number of nitrogens with two attached hydrogens (primary N) is 1. The van der Waals surface area contributed by atoms with Gasteiger partial charge in [-0.2, -0.15) is 0 Å². The molecule has 2 rings (SSSR count). The van der Waals surface area contributed by atoms with E-state index in [1.807, 2.05) is 12.1 Å². The zero-order valence-electron chi connectivity index (χ0n) is 10.8. The number of ether oxygens (including phenoxy) is 1. The Bertz CT molecular complexity index is 440. The first-order chi connectivity index (χ1) is 8.59. The molecule has 1 aromatic carbocycles. The number of carbonyl (C=O) groups is 1. The Morgan fingerprint density at radius 1 is 1.33 bits per heavy atom. The minimum atomic E-state index is -0.0685. The Morgan fingerprint density at radius 2 is 2.00 bits per heavy atom. The zero-order chi connectivity index (χ0) is 13.1. The normalized spacial score (nSPS) is 15.6. The van der Waals surface area contributed by atoms with Crippen molar-refractivity contribution in [1.82, 2.24) is 4.90 Å². The van der Waals surface area contributed by atoms with E-state index in [4.69, 9.17) is 10.5 Å². The van der Waals surface area contributed by atoms with Crippen LogP contribution < -0.4 is 10.6 Å². The average Bonchev–Trinajstić information content (AvgIpc) is 2.38. The molecule has 2 N–H and O–H groups in total. The molecule has 0 unspecified atom stereocenters. The summed E-state index contributed by atoms with van der Waals surface area (Å²) in [6, 6.07) is 5.60. The van der Waals surface area contributed by atoms with E-state index in [1.54, 1.807) is 20.2 Å². The first kappa shape index (κ1) is 12.7. The van der Waals surface area contributed by atoms with Crippen LogP contribution in [-0.4, -0.2) is 51.2 Å². The summed E-state index contributed by atoms with van der Waals surface area (Å²) in [6.07, 6.45) is 0. The van der Waals surface area contributed by atoms with Crippen LogP contribution in [0.1, 0.15) is 10.4 Å². The standard InChI is InChI=1S/C13H19N3O2/c1-15(2)13(17)11-4-3-10(9-12(11)14)16-5-7-18-8-6-16/h3-4,9H,5-8,14H2,1-2H3. The van der Waals surface area contributed by atoms with Gasteiger partial charge < -0.3 is 20.3 Å². The van der Waals surface area contributed by atoms with Gasteiger partial charge in [-0.05, 0) is 18.2 Å². The van der Waals surface area contributed by atoms with Crippen LogP contribution >= 0.6 is 0 Å². The van der Waals surface area contributed by atoms with Crippen LogP contribution in [0, 0.1) is 0 Å². The highest BCUT2D eigenvalue weighted by Crippen LogP contribution is 2.23. The highest BCUT2D eigenvalue weighted by Gasteiger charge is 2.15. The molecule has 1 amide bonds. The largest absolute Gasteiger partial charge is 0.398 e. The maximum atomic E-state index is 11.9. The Labute approximate surface area is 107 Å². The number of benzene rings is 1. The van der Waals surface area contributed by atoms with Crippen molar-refractivity contribution in [3.05, 3.63) is 23.8 Å². The van der Waals surface area contributed by atoms with Crippen LogP contribution in [0.15, 0.2) is 18.2 Å². The lowest BCUT2D eigenvalue weighted by atomic mass is 10.1. The first-order valence-electron chi connectivity index (χ1n) is 6.03. The van der Waals surface area contributed by atoms with Crippen LogP contribution in [-0.2, 0) is 4.74 Å². The fourth-order valence-corrected chi connectivity index (χ4v) is 2.00. The third-order valence-corrected chi connectivity index (χ3v) is 3.05. The molecule has 5 heteroatoms.